The molecule has 0 aliphatic heterocycles. The van der Waals surface area contributed by atoms with Gasteiger partial charge in [-0.2, -0.15) is 0 Å². The predicted molar refractivity (Wildman–Crippen MR) is 63.8 cm³/mol. The molecule has 0 saturated heterocycles. The van der Waals surface area contributed by atoms with Crippen molar-refractivity contribution in [2.24, 2.45) is 0 Å². The first-order chi connectivity index (χ1) is 8.15. The first-order valence-corrected chi connectivity index (χ1v) is 6.76. The van der Waals surface area contributed by atoms with Crippen molar-refractivity contribution in [1.29, 1.82) is 0 Å². The quantitative estimate of drug-likeness (QED) is 0.888. The first-order valence-electron chi connectivity index (χ1n) is 4.90. The minimum Gasteiger partial charge on any atom is -0.478 e. The van der Waals surface area contributed by atoms with Crippen LogP contribution in [0.4, 0.5) is 4.39 Å². The number of nitrogens with one attached hydrogen (secondary N) is 1. The summed E-state index contributed by atoms with van der Waals surface area (Å²) in [6.07, 6.45) is 0. The van der Waals surface area contributed by atoms with Crippen molar-refractivity contribution < 1.29 is 22.7 Å². The molecule has 2 N–H and O–H groups in total. The summed E-state index contributed by atoms with van der Waals surface area (Å²) in [5.74, 6) is -2.53. The molecule has 0 radical (unpaired) electrons. The van der Waals surface area contributed by atoms with Gasteiger partial charge in [0.2, 0.25) is 10.0 Å². The topological polar surface area (TPSA) is 83.5 Å². The first kappa shape index (κ1) is 14.9. The largest absolute Gasteiger partial charge is 0.478 e. The molecule has 0 aliphatic carbocycles. The van der Waals surface area contributed by atoms with Gasteiger partial charge in [0.05, 0.1) is 10.6 Å². The minimum atomic E-state index is -4.11. The van der Waals surface area contributed by atoms with Gasteiger partial charge in [-0.3, -0.25) is 0 Å². The lowest BCUT2D eigenvalue weighted by molar-refractivity contribution is 0.0696. The highest BCUT2D eigenvalue weighted by Gasteiger charge is 2.23. The fourth-order valence-corrected chi connectivity index (χ4v) is 2.84. The molecule has 5 nitrogen and oxygen atoms in total. The molecule has 0 amide bonds. The Bertz CT molecular complexity index is 586. The van der Waals surface area contributed by atoms with Crippen molar-refractivity contribution in [2.45, 2.75) is 24.8 Å². The summed E-state index contributed by atoms with van der Waals surface area (Å²) in [6, 6.07) is 0.920. The van der Waals surface area contributed by atoms with Crippen LogP contribution >= 0.6 is 11.6 Å². The maximum Gasteiger partial charge on any atom is 0.337 e. The fraction of sp³-hybridized carbons (Fsp3) is 0.300. The third kappa shape index (κ3) is 3.18. The van der Waals surface area contributed by atoms with E-state index in [4.69, 9.17) is 16.7 Å². The van der Waals surface area contributed by atoms with Gasteiger partial charge in [-0.15, -0.1) is 0 Å². The molecular weight excluding hydrogens is 285 g/mol. The molecule has 0 heterocycles. The molecule has 0 aromatic heterocycles. The highest BCUT2D eigenvalue weighted by molar-refractivity contribution is 7.89. The lowest BCUT2D eigenvalue weighted by atomic mass is 10.2. The molecule has 0 bridgehead atoms. The Hall–Kier alpha value is -1.18. The van der Waals surface area contributed by atoms with Crippen LogP contribution in [0.25, 0.3) is 0 Å². The van der Waals surface area contributed by atoms with Crippen molar-refractivity contribution in [3.05, 3.63) is 28.5 Å². The molecule has 1 rings (SSSR count). The van der Waals surface area contributed by atoms with E-state index in [1.54, 1.807) is 13.8 Å². The molecule has 0 spiro atoms. The van der Waals surface area contributed by atoms with E-state index >= 15 is 0 Å². The zero-order chi connectivity index (χ0) is 14.1. The second-order valence-corrected chi connectivity index (χ2v) is 5.93. The minimum absolute atomic E-state index is 0.358. The molecular formula is C10H11ClFNO4S. The molecule has 0 saturated carbocycles. The Kier molecular flexibility index (Phi) is 4.31. The summed E-state index contributed by atoms with van der Waals surface area (Å²) in [7, 11) is -4.11. The van der Waals surface area contributed by atoms with Crippen LogP contribution in [0, 0.1) is 5.82 Å². The van der Waals surface area contributed by atoms with Gasteiger partial charge >= 0.3 is 5.97 Å². The average molecular weight is 296 g/mol. The SMILES string of the molecule is CC(C)NS(=O)(=O)c1cc(C(=O)O)c(Cl)cc1F. The predicted octanol–water partition coefficient (Wildman–Crippen LogP) is 1.86. The van der Waals surface area contributed by atoms with E-state index in [1.807, 2.05) is 0 Å². The van der Waals surface area contributed by atoms with Gasteiger partial charge in [0, 0.05) is 6.04 Å². The number of hydrogen-bond acceptors (Lipinski definition) is 3. The van der Waals surface area contributed by atoms with Crippen molar-refractivity contribution in [2.75, 3.05) is 0 Å². The van der Waals surface area contributed by atoms with E-state index in [9.17, 15) is 17.6 Å². The van der Waals surface area contributed by atoms with Crippen LogP contribution in [-0.4, -0.2) is 25.5 Å². The lowest BCUT2D eigenvalue weighted by Crippen LogP contribution is -2.31. The van der Waals surface area contributed by atoms with Crippen molar-refractivity contribution >= 4 is 27.6 Å². The Morgan fingerprint density at radius 2 is 2.00 bits per heavy atom. The maximum atomic E-state index is 13.5. The number of halogens is 2. The van der Waals surface area contributed by atoms with E-state index < -0.39 is 38.3 Å². The van der Waals surface area contributed by atoms with Crippen LogP contribution in [0.3, 0.4) is 0 Å². The number of carboxylic acid groups (broad SMARTS) is 1. The van der Waals surface area contributed by atoms with Crippen LogP contribution in [0.1, 0.15) is 24.2 Å². The van der Waals surface area contributed by atoms with Crippen LogP contribution in [0.2, 0.25) is 5.02 Å². The zero-order valence-electron chi connectivity index (χ0n) is 9.57. The second kappa shape index (κ2) is 5.21. The molecule has 0 atom stereocenters. The molecule has 0 fully saturated rings. The third-order valence-corrected chi connectivity index (χ3v) is 3.92. The summed E-state index contributed by atoms with van der Waals surface area (Å²) in [4.78, 5) is 10.1. The number of sulfonamides is 1. The van der Waals surface area contributed by atoms with Gasteiger partial charge in [-0.25, -0.2) is 22.3 Å². The monoisotopic (exact) mass is 295 g/mol. The van der Waals surface area contributed by atoms with Crippen molar-refractivity contribution in [3.63, 3.8) is 0 Å². The Morgan fingerprint density at radius 1 is 1.44 bits per heavy atom. The molecule has 0 unspecified atom stereocenters. The lowest BCUT2D eigenvalue weighted by Gasteiger charge is -2.11. The summed E-state index contributed by atoms with van der Waals surface area (Å²) in [5.41, 5.74) is -0.470. The zero-order valence-corrected chi connectivity index (χ0v) is 11.1. The average Bonchev–Trinajstić information content (AvgIpc) is 2.13. The molecule has 0 aliphatic rings. The Balaban J connectivity index is 3.42. The summed E-state index contributed by atoms with van der Waals surface area (Å²) in [5, 5.41) is 8.45. The molecule has 1 aromatic carbocycles. The second-order valence-electron chi connectivity index (χ2n) is 3.84. The van der Waals surface area contributed by atoms with Gasteiger partial charge in [0.15, 0.2) is 0 Å². The molecule has 18 heavy (non-hydrogen) atoms. The van der Waals surface area contributed by atoms with Gasteiger partial charge in [0.1, 0.15) is 10.7 Å². The fourth-order valence-electron chi connectivity index (χ4n) is 1.27. The van der Waals surface area contributed by atoms with Crippen LogP contribution in [-0.2, 0) is 10.0 Å². The Labute approximate surface area is 109 Å². The number of hydrogen-bond donors (Lipinski definition) is 2. The highest BCUT2D eigenvalue weighted by atomic mass is 35.5. The molecule has 8 heteroatoms. The van der Waals surface area contributed by atoms with Gasteiger partial charge in [-0.05, 0) is 26.0 Å². The van der Waals surface area contributed by atoms with E-state index in [1.165, 1.54) is 0 Å². The van der Waals surface area contributed by atoms with E-state index in [0.29, 0.717) is 12.1 Å². The van der Waals surface area contributed by atoms with E-state index in [0.717, 1.165) is 0 Å². The smallest absolute Gasteiger partial charge is 0.337 e. The molecule has 100 valence electrons. The molecule has 1 aromatic rings. The number of carbonyl (C=O) groups is 1. The number of aromatic carboxylic acids is 1. The Morgan fingerprint density at radius 3 is 2.44 bits per heavy atom. The number of benzene rings is 1. The summed E-state index contributed by atoms with van der Waals surface area (Å²) in [6.45, 7) is 3.12. The van der Waals surface area contributed by atoms with E-state index in [2.05, 4.69) is 4.72 Å². The van der Waals surface area contributed by atoms with Crippen molar-refractivity contribution in [1.82, 2.24) is 4.72 Å². The summed E-state index contributed by atoms with van der Waals surface area (Å²) >= 11 is 5.52. The standard InChI is InChI=1S/C10H11ClFNO4S/c1-5(2)13-18(16,17)9-3-6(10(14)15)7(11)4-8(9)12/h3-5,13H,1-2H3,(H,14,15). The van der Waals surface area contributed by atoms with Crippen LogP contribution in [0.5, 0.6) is 0 Å². The normalized spacial score (nSPS) is 11.8. The van der Waals surface area contributed by atoms with Crippen LogP contribution in [0.15, 0.2) is 17.0 Å². The number of rotatable bonds is 4. The third-order valence-electron chi connectivity index (χ3n) is 1.93. The van der Waals surface area contributed by atoms with Gasteiger partial charge in [0.25, 0.3) is 0 Å². The number of carboxylic acids is 1. The van der Waals surface area contributed by atoms with E-state index in [-0.39, 0.29) is 5.02 Å². The van der Waals surface area contributed by atoms with Crippen LogP contribution < -0.4 is 4.72 Å². The van der Waals surface area contributed by atoms with Crippen molar-refractivity contribution in [3.8, 4) is 0 Å². The maximum absolute atomic E-state index is 13.5. The van der Waals surface area contributed by atoms with Gasteiger partial charge in [-0.1, -0.05) is 11.6 Å². The summed E-state index contributed by atoms with van der Waals surface area (Å²) < 4.78 is 39.2. The van der Waals surface area contributed by atoms with Gasteiger partial charge < -0.3 is 5.11 Å². The highest BCUT2D eigenvalue weighted by Crippen LogP contribution is 2.24.